The van der Waals surface area contributed by atoms with Crippen molar-refractivity contribution in [2.45, 2.75) is 19.4 Å². The van der Waals surface area contributed by atoms with Gasteiger partial charge in [0, 0.05) is 12.1 Å². The van der Waals surface area contributed by atoms with Crippen LogP contribution in [0.25, 0.3) is 0 Å². The fourth-order valence-electron chi connectivity index (χ4n) is 1.35. The zero-order chi connectivity index (χ0) is 11.5. The van der Waals surface area contributed by atoms with Gasteiger partial charge in [-0.2, -0.15) is 0 Å². The first-order valence-corrected chi connectivity index (χ1v) is 5.70. The smallest absolute Gasteiger partial charge is 0.268 e. The SMILES string of the molecule is Cc1ccc(NC(=O)C2CC(Br)=NO2)cc1. The van der Waals surface area contributed by atoms with Crippen LogP contribution < -0.4 is 5.32 Å². The van der Waals surface area contributed by atoms with Crippen molar-refractivity contribution in [3.63, 3.8) is 0 Å². The average Bonchev–Trinajstić information content (AvgIpc) is 2.68. The van der Waals surface area contributed by atoms with Gasteiger partial charge in [-0.15, -0.1) is 0 Å². The topological polar surface area (TPSA) is 50.7 Å². The van der Waals surface area contributed by atoms with Gasteiger partial charge in [0.25, 0.3) is 5.91 Å². The molecule has 0 aliphatic carbocycles. The molecule has 84 valence electrons. The fraction of sp³-hybridized carbons (Fsp3) is 0.273. The maximum Gasteiger partial charge on any atom is 0.268 e. The summed E-state index contributed by atoms with van der Waals surface area (Å²) in [5.74, 6) is -0.179. The molecule has 0 saturated carbocycles. The third-order valence-electron chi connectivity index (χ3n) is 2.24. The van der Waals surface area contributed by atoms with Crippen LogP contribution in [0.15, 0.2) is 29.4 Å². The molecule has 1 aromatic rings. The lowest BCUT2D eigenvalue weighted by molar-refractivity contribution is -0.125. The number of nitrogens with one attached hydrogen (secondary N) is 1. The van der Waals surface area contributed by atoms with Gasteiger partial charge < -0.3 is 10.2 Å². The van der Waals surface area contributed by atoms with Crippen molar-refractivity contribution in [1.29, 1.82) is 0 Å². The first kappa shape index (κ1) is 11.1. The summed E-state index contributed by atoms with van der Waals surface area (Å²) in [5.41, 5.74) is 1.92. The van der Waals surface area contributed by atoms with Crippen molar-refractivity contribution in [3.05, 3.63) is 29.8 Å². The summed E-state index contributed by atoms with van der Waals surface area (Å²) in [6.07, 6.45) is -0.0480. The molecule has 4 nitrogen and oxygen atoms in total. The molecule has 1 heterocycles. The van der Waals surface area contributed by atoms with E-state index in [4.69, 9.17) is 4.84 Å². The molecule has 1 aliphatic rings. The Morgan fingerprint density at radius 2 is 2.19 bits per heavy atom. The Bertz CT molecular complexity index is 428. The van der Waals surface area contributed by atoms with Gasteiger partial charge in [-0.3, -0.25) is 4.79 Å². The molecule has 0 aromatic heterocycles. The van der Waals surface area contributed by atoms with Crippen LogP contribution >= 0.6 is 15.9 Å². The van der Waals surface area contributed by atoms with E-state index in [1.165, 1.54) is 0 Å². The summed E-state index contributed by atoms with van der Waals surface area (Å²) < 4.78 is 0.663. The summed E-state index contributed by atoms with van der Waals surface area (Å²) in [4.78, 5) is 16.7. The quantitative estimate of drug-likeness (QED) is 0.906. The highest BCUT2D eigenvalue weighted by atomic mass is 79.9. The molecule has 0 bridgehead atoms. The van der Waals surface area contributed by atoms with Gasteiger partial charge in [0.1, 0.15) is 4.62 Å². The standard InChI is InChI=1S/C11H11BrN2O2/c1-7-2-4-8(5-3-7)13-11(15)9-6-10(12)14-16-9/h2-5,9H,6H2,1H3,(H,13,15). The molecular formula is C11H11BrN2O2. The van der Waals surface area contributed by atoms with E-state index < -0.39 is 6.10 Å². The van der Waals surface area contributed by atoms with Crippen LogP contribution in [-0.4, -0.2) is 16.6 Å². The van der Waals surface area contributed by atoms with Crippen LogP contribution in [0.2, 0.25) is 0 Å². The number of anilines is 1. The highest BCUT2D eigenvalue weighted by Crippen LogP contribution is 2.16. The van der Waals surface area contributed by atoms with Gasteiger partial charge in [0.15, 0.2) is 0 Å². The molecular weight excluding hydrogens is 272 g/mol. The number of hydrogen-bond acceptors (Lipinski definition) is 3. The molecule has 16 heavy (non-hydrogen) atoms. The summed E-state index contributed by atoms with van der Waals surface area (Å²) in [7, 11) is 0. The Morgan fingerprint density at radius 1 is 1.50 bits per heavy atom. The predicted molar refractivity (Wildman–Crippen MR) is 65.7 cm³/mol. The van der Waals surface area contributed by atoms with E-state index in [-0.39, 0.29) is 5.91 Å². The van der Waals surface area contributed by atoms with Gasteiger partial charge in [0.05, 0.1) is 0 Å². The number of oxime groups is 1. The molecule has 0 radical (unpaired) electrons. The molecule has 1 unspecified atom stereocenters. The maximum absolute atomic E-state index is 11.7. The Balaban J connectivity index is 1.95. The van der Waals surface area contributed by atoms with Crippen LogP contribution in [0.5, 0.6) is 0 Å². The van der Waals surface area contributed by atoms with Gasteiger partial charge >= 0.3 is 0 Å². The Labute approximate surface area is 102 Å². The summed E-state index contributed by atoms with van der Waals surface area (Å²) >= 11 is 3.19. The number of rotatable bonds is 2. The van der Waals surface area contributed by atoms with Crippen molar-refractivity contribution in [2.75, 3.05) is 5.32 Å². The second-order valence-electron chi connectivity index (χ2n) is 3.62. The van der Waals surface area contributed by atoms with E-state index in [1.54, 1.807) is 0 Å². The van der Waals surface area contributed by atoms with Crippen LogP contribution in [-0.2, 0) is 9.63 Å². The Morgan fingerprint density at radius 3 is 2.75 bits per heavy atom. The third kappa shape index (κ3) is 2.61. The van der Waals surface area contributed by atoms with Crippen molar-refractivity contribution >= 4 is 32.1 Å². The zero-order valence-electron chi connectivity index (χ0n) is 8.74. The highest BCUT2D eigenvalue weighted by molar-refractivity contribution is 9.18. The van der Waals surface area contributed by atoms with E-state index in [9.17, 15) is 4.79 Å². The molecule has 1 aliphatic heterocycles. The monoisotopic (exact) mass is 282 g/mol. The second-order valence-corrected chi connectivity index (χ2v) is 4.54. The van der Waals surface area contributed by atoms with Crippen molar-refractivity contribution in [1.82, 2.24) is 0 Å². The van der Waals surface area contributed by atoms with Gasteiger partial charge in [-0.1, -0.05) is 22.9 Å². The summed E-state index contributed by atoms with van der Waals surface area (Å²) in [6, 6.07) is 7.60. The minimum absolute atomic E-state index is 0.179. The molecule has 0 fully saturated rings. The van der Waals surface area contributed by atoms with Crippen molar-refractivity contribution < 1.29 is 9.63 Å². The number of hydrogen-bond donors (Lipinski definition) is 1. The minimum atomic E-state index is -0.532. The number of carbonyl (C=O) groups is 1. The normalized spacial score (nSPS) is 18.9. The number of aryl methyl sites for hydroxylation is 1. The lowest BCUT2D eigenvalue weighted by Gasteiger charge is -2.09. The second kappa shape index (κ2) is 4.65. The van der Waals surface area contributed by atoms with Gasteiger partial charge in [0.2, 0.25) is 6.10 Å². The fourth-order valence-corrected chi connectivity index (χ4v) is 1.73. The highest BCUT2D eigenvalue weighted by Gasteiger charge is 2.26. The molecule has 0 spiro atoms. The van der Waals surface area contributed by atoms with Gasteiger partial charge in [-0.05, 0) is 35.0 Å². The largest absolute Gasteiger partial charge is 0.381 e. The van der Waals surface area contributed by atoms with E-state index in [1.807, 2.05) is 31.2 Å². The molecule has 2 rings (SSSR count). The predicted octanol–water partition coefficient (Wildman–Crippen LogP) is 2.43. The first-order valence-electron chi connectivity index (χ1n) is 4.91. The molecule has 1 aromatic carbocycles. The number of amides is 1. The first-order chi connectivity index (χ1) is 7.65. The zero-order valence-corrected chi connectivity index (χ0v) is 10.3. The van der Waals surface area contributed by atoms with Crippen LogP contribution in [0.3, 0.4) is 0 Å². The number of carbonyl (C=O) groups excluding carboxylic acids is 1. The maximum atomic E-state index is 11.7. The van der Waals surface area contributed by atoms with Gasteiger partial charge in [-0.25, -0.2) is 0 Å². The van der Waals surface area contributed by atoms with E-state index in [2.05, 4.69) is 26.4 Å². The van der Waals surface area contributed by atoms with E-state index >= 15 is 0 Å². The summed E-state index contributed by atoms with van der Waals surface area (Å²) in [6.45, 7) is 2.00. The molecule has 1 atom stereocenters. The van der Waals surface area contributed by atoms with Crippen molar-refractivity contribution in [2.24, 2.45) is 5.16 Å². The number of benzene rings is 1. The molecule has 5 heteroatoms. The lowest BCUT2D eigenvalue weighted by Crippen LogP contribution is -2.27. The average molecular weight is 283 g/mol. The number of nitrogens with zero attached hydrogens (tertiary/aromatic N) is 1. The number of halogens is 1. The van der Waals surface area contributed by atoms with Crippen molar-refractivity contribution in [3.8, 4) is 0 Å². The molecule has 1 N–H and O–H groups in total. The molecule has 1 amide bonds. The third-order valence-corrected chi connectivity index (χ3v) is 2.71. The van der Waals surface area contributed by atoms with Crippen LogP contribution in [0.4, 0.5) is 5.69 Å². The van der Waals surface area contributed by atoms with E-state index in [0.29, 0.717) is 11.0 Å². The minimum Gasteiger partial charge on any atom is -0.381 e. The Hall–Kier alpha value is -1.36. The lowest BCUT2D eigenvalue weighted by atomic mass is 10.2. The summed E-state index contributed by atoms with van der Waals surface area (Å²) in [5, 5.41) is 6.44. The van der Waals surface area contributed by atoms with Crippen LogP contribution in [0.1, 0.15) is 12.0 Å². The van der Waals surface area contributed by atoms with Crippen LogP contribution in [0, 0.1) is 6.92 Å². The molecule has 0 saturated heterocycles. The Kier molecular flexibility index (Phi) is 3.24. The van der Waals surface area contributed by atoms with E-state index in [0.717, 1.165) is 11.3 Å².